The Morgan fingerprint density at radius 2 is 1.26 bits per heavy atom. The summed E-state index contributed by atoms with van der Waals surface area (Å²) in [5, 5.41) is 0. The standard InChI is InChI=1S/C34H42O4/c1-4-6-7-8-9-10-25-36-32-21-17-30(18-22-32)34(35)38-33-23-15-29(16-24-33)28-13-19-31(20-14-28)37-26-11-12-27(3)5-2/h4,13-24,27H,1,5-12,25-26H2,2-3H3. The Balaban J connectivity index is 1.42. The monoisotopic (exact) mass is 514 g/mol. The average Bonchev–Trinajstić information content (AvgIpc) is 2.96. The number of hydrogen-bond donors (Lipinski definition) is 0. The second-order valence-electron chi connectivity index (χ2n) is 9.81. The molecule has 0 aliphatic heterocycles. The molecule has 38 heavy (non-hydrogen) atoms. The summed E-state index contributed by atoms with van der Waals surface area (Å²) in [6.07, 6.45) is 11.1. The molecule has 0 bridgehead atoms. The van der Waals surface area contributed by atoms with Gasteiger partial charge in [0, 0.05) is 0 Å². The molecule has 0 radical (unpaired) electrons. The zero-order valence-electron chi connectivity index (χ0n) is 23.0. The molecule has 3 aromatic rings. The van der Waals surface area contributed by atoms with Gasteiger partial charge in [-0.15, -0.1) is 6.58 Å². The lowest BCUT2D eigenvalue weighted by Gasteiger charge is -2.10. The van der Waals surface area contributed by atoms with Crippen molar-refractivity contribution in [3.8, 4) is 28.4 Å². The largest absolute Gasteiger partial charge is 0.494 e. The average molecular weight is 515 g/mol. The maximum Gasteiger partial charge on any atom is 0.343 e. The molecule has 202 valence electrons. The zero-order chi connectivity index (χ0) is 27.0. The molecule has 0 N–H and O–H groups in total. The van der Waals surface area contributed by atoms with Crippen molar-refractivity contribution in [1.29, 1.82) is 0 Å². The van der Waals surface area contributed by atoms with E-state index in [1.54, 1.807) is 12.1 Å². The first-order valence-corrected chi connectivity index (χ1v) is 14.0. The number of esters is 1. The second kappa shape index (κ2) is 16.3. The molecule has 4 nitrogen and oxygen atoms in total. The first-order chi connectivity index (χ1) is 18.6. The van der Waals surface area contributed by atoms with Crippen LogP contribution < -0.4 is 14.2 Å². The SMILES string of the molecule is C=CCCCCCCOc1ccc(C(=O)Oc2ccc(-c3ccc(OCCCC(C)CC)cc3)cc2)cc1. The molecule has 0 aliphatic carbocycles. The summed E-state index contributed by atoms with van der Waals surface area (Å²) >= 11 is 0. The molecule has 4 heteroatoms. The topological polar surface area (TPSA) is 44.8 Å². The van der Waals surface area contributed by atoms with Gasteiger partial charge in [-0.25, -0.2) is 4.79 Å². The summed E-state index contributed by atoms with van der Waals surface area (Å²) in [4.78, 5) is 12.6. The highest BCUT2D eigenvalue weighted by Gasteiger charge is 2.09. The molecule has 1 unspecified atom stereocenters. The van der Waals surface area contributed by atoms with Crippen LogP contribution in [0.4, 0.5) is 0 Å². The van der Waals surface area contributed by atoms with Crippen molar-refractivity contribution in [1.82, 2.24) is 0 Å². The number of carbonyl (C=O) groups is 1. The van der Waals surface area contributed by atoms with Crippen LogP contribution in [0.1, 0.15) is 75.6 Å². The molecule has 0 aliphatic rings. The predicted octanol–water partition coefficient (Wildman–Crippen LogP) is 9.29. The molecule has 0 saturated carbocycles. The van der Waals surface area contributed by atoms with E-state index in [0.29, 0.717) is 17.9 Å². The van der Waals surface area contributed by atoms with E-state index in [4.69, 9.17) is 14.2 Å². The Morgan fingerprint density at radius 3 is 1.84 bits per heavy atom. The Hall–Kier alpha value is -3.53. The highest BCUT2D eigenvalue weighted by molar-refractivity contribution is 5.91. The molecule has 0 saturated heterocycles. The van der Waals surface area contributed by atoms with E-state index in [2.05, 4.69) is 32.6 Å². The Kier molecular flexibility index (Phi) is 12.5. The van der Waals surface area contributed by atoms with E-state index < -0.39 is 0 Å². The molecule has 0 amide bonds. The first kappa shape index (κ1) is 29.0. The van der Waals surface area contributed by atoms with Crippen LogP contribution >= 0.6 is 0 Å². The number of benzene rings is 3. The van der Waals surface area contributed by atoms with Gasteiger partial charge in [0.25, 0.3) is 0 Å². The van der Waals surface area contributed by atoms with Gasteiger partial charge >= 0.3 is 5.97 Å². The highest BCUT2D eigenvalue weighted by atomic mass is 16.5. The van der Waals surface area contributed by atoms with Gasteiger partial charge in [0.05, 0.1) is 18.8 Å². The Bertz CT molecular complexity index is 1080. The summed E-state index contributed by atoms with van der Waals surface area (Å²) in [6.45, 7) is 9.68. The van der Waals surface area contributed by atoms with Crippen molar-refractivity contribution in [2.24, 2.45) is 5.92 Å². The normalized spacial score (nSPS) is 11.5. The molecule has 3 rings (SSSR count). The van der Waals surface area contributed by atoms with Gasteiger partial charge in [-0.2, -0.15) is 0 Å². The lowest BCUT2D eigenvalue weighted by Crippen LogP contribution is -2.08. The molecule has 3 aromatic carbocycles. The molecule has 0 fully saturated rings. The van der Waals surface area contributed by atoms with Crippen molar-refractivity contribution >= 4 is 5.97 Å². The van der Waals surface area contributed by atoms with E-state index in [0.717, 1.165) is 60.8 Å². The quantitative estimate of drug-likeness (QED) is 0.0779. The minimum absolute atomic E-state index is 0.388. The van der Waals surface area contributed by atoms with Gasteiger partial charge in [-0.05, 0) is 97.7 Å². The molecular formula is C34H42O4. The van der Waals surface area contributed by atoms with Crippen LogP contribution in [0, 0.1) is 5.92 Å². The third kappa shape index (κ3) is 10.1. The molecule has 0 spiro atoms. The number of allylic oxidation sites excluding steroid dienone is 1. The van der Waals surface area contributed by atoms with Crippen molar-refractivity contribution in [2.45, 2.75) is 65.2 Å². The summed E-state index contributed by atoms with van der Waals surface area (Å²) in [7, 11) is 0. The predicted molar refractivity (Wildman–Crippen MR) is 156 cm³/mol. The fourth-order valence-electron chi connectivity index (χ4n) is 4.07. The first-order valence-electron chi connectivity index (χ1n) is 14.0. The third-order valence-corrected chi connectivity index (χ3v) is 6.72. The van der Waals surface area contributed by atoms with E-state index in [-0.39, 0.29) is 5.97 Å². The number of hydrogen-bond acceptors (Lipinski definition) is 4. The number of carbonyl (C=O) groups excluding carboxylic acids is 1. The van der Waals surface area contributed by atoms with E-state index in [9.17, 15) is 4.79 Å². The van der Waals surface area contributed by atoms with Crippen LogP contribution in [0.5, 0.6) is 17.2 Å². The van der Waals surface area contributed by atoms with Gasteiger partial charge in [0.2, 0.25) is 0 Å². The van der Waals surface area contributed by atoms with Crippen LogP contribution in [-0.2, 0) is 0 Å². The van der Waals surface area contributed by atoms with E-state index >= 15 is 0 Å². The van der Waals surface area contributed by atoms with Crippen molar-refractivity contribution < 1.29 is 19.0 Å². The lowest BCUT2D eigenvalue weighted by molar-refractivity contribution is 0.0734. The number of unbranched alkanes of at least 4 members (excludes halogenated alkanes) is 4. The minimum atomic E-state index is -0.388. The summed E-state index contributed by atoms with van der Waals surface area (Å²) in [6, 6.07) is 22.8. The number of rotatable bonds is 17. The fourth-order valence-corrected chi connectivity index (χ4v) is 4.07. The Morgan fingerprint density at radius 1 is 0.737 bits per heavy atom. The summed E-state index contributed by atoms with van der Waals surface area (Å²) in [5.74, 6) is 2.53. The van der Waals surface area contributed by atoms with Crippen LogP contribution in [0.2, 0.25) is 0 Å². The third-order valence-electron chi connectivity index (χ3n) is 6.72. The van der Waals surface area contributed by atoms with Gasteiger partial charge < -0.3 is 14.2 Å². The van der Waals surface area contributed by atoms with Crippen molar-refractivity contribution in [3.63, 3.8) is 0 Å². The summed E-state index contributed by atoms with van der Waals surface area (Å²) < 4.78 is 17.2. The minimum Gasteiger partial charge on any atom is -0.494 e. The fraction of sp³-hybridized carbons (Fsp3) is 0.382. The van der Waals surface area contributed by atoms with Gasteiger partial charge in [-0.1, -0.05) is 63.5 Å². The molecule has 0 aromatic heterocycles. The molecular weight excluding hydrogens is 472 g/mol. The Labute approximate surface area is 228 Å². The van der Waals surface area contributed by atoms with Gasteiger partial charge in [0.1, 0.15) is 17.2 Å². The van der Waals surface area contributed by atoms with Crippen molar-refractivity contribution in [3.05, 3.63) is 91.0 Å². The smallest absolute Gasteiger partial charge is 0.343 e. The van der Waals surface area contributed by atoms with E-state index in [1.165, 1.54) is 25.7 Å². The highest BCUT2D eigenvalue weighted by Crippen LogP contribution is 2.25. The van der Waals surface area contributed by atoms with Crippen LogP contribution in [-0.4, -0.2) is 19.2 Å². The second-order valence-corrected chi connectivity index (χ2v) is 9.81. The number of ether oxygens (including phenoxy) is 3. The molecule has 0 heterocycles. The molecule has 1 atom stereocenters. The van der Waals surface area contributed by atoms with Gasteiger partial charge in [-0.3, -0.25) is 0 Å². The zero-order valence-corrected chi connectivity index (χ0v) is 23.0. The van der Waals surface area contributed by atoms with Crippen LogP contribution in [0.3, 0.4) is 0 Å². The lowest BCUT2D eigenvalue weighted by atomic mass is 10.0. The van der Waals surface area contributed by atoms with Crippen molar-refractivity contribution in [2.75, 3.05) is 13.2 Å². The van der Waals surface area contributed by atoms with E-state index in [1.807, 2.05) is 54.6 Å². The van der Waals surface area contributed by atoms with Crippen LogP contribution in [0.15, 0.2) is 85.5 Å². The van der Waals surface area contributed by atoms with Crippen LogP contribution in [0.25, 0.3) is 11.1 Å². The summed E-state index contributed by atoms with van der Waals surface area (Å²) in [5.41, 5.74) is 2.63. The maximum atomic E-state index is 12.6. The van der Waals surface area contributed by atoms with Gasteiger partial charge in [0.15, 0.2) is 0 Å². The maximum absolute atomic E-state index is 12.6.